The fraction of sp³-hybridized carbons (Fsp3) is 0.348. The molecule has 2 aromatic carbocycles. The molecular weight excluding hydrogens is 418 g/mol. The Bertz CT molecular complexity index is 845. The molecule has 0 unspecified atom stereocenters. The Morgan fingerprint density at radius 1 is 1.07 bits per heavy atom. The lowest BCUT2D eigenvalue weighted by Crippen LogP contribution is -2.25. The molecule has 1 aliphatic rings. The summed E-state index contributed by atoms with van der Waals surface area (Å²) >= 11 is 3.57. The molecule has 148 valence electrons. The first-order chi connectivity index (χ1) is 13.6. The summed E-state index contributed by atoms with van der Waals surface area (Å²) in [5.41, 5.74) is 4.12. The maximum absolute atomic E-state index is 12.2. The first-order valence-electron chi connectivity index (χ1n) is 9.57. The number of fused-ring (bicyclic) bond motifs is 1. The molecule has 5 heteroatoms. The van der Waals surface area contributed by atoms with Crippen LogP contribution in [0.2, 0.25) is 0 Å². The Morgan fingerprint density at radius 3 is 2.57 bits per heavy atom. The van der Waals surface area contributed by atoms with Crippen LogP contribution in [0.25, 0.3) is 6.08 Å². The second-order valence-corrected chi connectivity index (χ2v) is 7.86. The number of rotatable bonds is 4. The molecule has 0 atom stereocenters. The van der Waals surface area contributed by atoms with Gasteiger partial charge in [-0.05, 0) is 66.8 Å². The second-order valence-electron chi connectivity index (χ2n) is 6.94. The van der Waals surface area contributed by atoms with Gasteiger partial charge in [0.25, 0.3) is 0 Å². The maximum atomic E-state index is 12.2. The van der Waals surface area contributed by atoms with Crippen LogP contribution in [0.15, 0.2) is 52.5 Å². The lowest BCUT2D eigenvalue weighted by molar-refractivity contribution is -0.136. The molecule has 0 saturated carbocycles. The van der Waals surface area contributed by atoms with Gasteiger partial charge in [-0.2, -0.15) is 0 Å². The average molecular weight is 444 g/mol. The van der Waals surface area contributed by atoms with Crippen molar-refractivity contribution in [3.05, 3.63) is 63.6 Å². The van der Waals surface area contributed by atoms with Crippen LogP contribution in [0.3, 0.4) is 0 Å². The standard InChI is InChI=1S/C23H26BrNO3/c1-27-21-10-7-17(8-11-21)16-25-13-5-3-4-6-18(23(26)28-2)14-19-15-20(24)9-12-22(19)25/h7-12,14-15H,3-6,13,16H2,1-2H3/b18-14+. The van der Waals surface area contributed by atoms with E-state index in [-0.39, 0.29) is 5.97 Å². The van der Waals surface area contributed by atoms with Gasteiger partial charge in [-0.15, -0.1) is 0 Å². The smallest absolute Gasteiger partial charge is 0.333 e. The Labute approximate surface area is 175 Å². The van der Waals surface area contributed by atoms with E-state index in [0.29, 0.717) is 0 Å². The zero-order valence-corrected chi connectivity index (χ0v) is 18.0. The Morgan fingerprint density at radius 2 is 1.86 bits per heavy atom. The fourth-order valence-electron chi connectivity index (χ4n) is 3.51. The number of hydrogen-bond acceptors (Lipinski definition) is 4. The Kier molecular flexibility index (Phi) is 7.15. The van der Waals surface area contributed by atoms with E-state index in [1.165, 1.54) is 12.7 Å². The van der Waals surface area contributed by atoms with Crippen molar-refractivity contribution in [1.29, 1.82) is 0 Å². The predicted molar refractivity (Wildman–Crippen MR) is 117 cm³/mol. The highest BCUT2D eigenvalue weighted by molar-refractivity contribution is 9.10. The highest BCUT2D eigenvalue weighted by Crippen LogP contribution is 2.31. The summed E-state index contributed by atoms with van der Waals surface area (Å²) in [6.45, 7) is 1.78. The van der Waals surface area contributed by atoms with Crippen LogP contribution < -0.4 is 9.64 Å². The van der Waals surface area contributed by atoms with Crippen molar-refractivity contribution in [2.45, 2.75) is 32.2 Å². The lowest BCUT2D eigenvalue weighted by atomic mass is 10.0. The van der Waals surface area contributed by atoms with Gasteiger partial charge in [0.15, 0.2) is 0 Å². The van der Waals surface area contributed by atoms with Crippen molar-refractivity contribution >= 4 is 33.7 Å². The largest absolute Gasteiger partial charge is 0.497 e. The van der Waals surface area contributed by atoms with E-state index >= 15 is 0 Å². The summed E-state index contributed by atoms with van der Waals surface area (Å²) < 4.78 is 11.3. The van der Waals surface area contributed by atoms with Gasteiger partial charge in [0.2, 0.25) is 0 Å². The number of anilines is 1. The molecule has 0 radical (unpaired) electrons. The van der Waals surface area contributed by atoms with Crippen molar-refractivity contribution in [2.24, 2.45) is 0 Å². The quantitative estimate of drug-likeness (QED) is 0.576. The summed E-state index contributed by atoms with van der Waals surface area (Å²) in [5.74, 6) is 0.618. The van der Waals surface area contributed by atoms with E-state index in [9.17, 15) is 4.79 Å². The van der Waals surface area contributed by atoms with Crippen LogP contribution in [0.1, 0.15) is 36.8 Å². The molecule has 4 nitrogen and oxygen atoms in total. The van der Waals surface area contributed by atoms with E-state index in [1.807, 2.05) is 18.2 Å². The highest BCUT2D eigenvalue weighted by Gasteiger charge is 2.17. The van der Waals surface area contributed by atoms with E-state index in [2.05, 4.69) is 51.2 Å². The first kappa shape index (κ1) is 20.5. The third-order valence-electron chi connectivity index (χ3n) is 5.01. The zero-order valence-electron chi connectivity index (χ0n) is 16.4. The van der Waals surface area contributed by atoms with Crippen LogP contribution in [-0.4, -0.2) is 26.7 Å². The maximum Gasteiger partial charge on any atom is 0.333 e. The van der Waals surface area contributed by atoms with Crippen molar-refractivity contribution < 1.29 is 14.3 Å². The number of esters is 1. The SMILES string of the molecule is COC(=O)/C1=C/c2cc(Br)ccc2N(Cc2ccc(OC)cc2)CCCCC1. The molecule has 0 spiro atoms. The van der Waals surface area contributed by atoms with Crippen LogP contribution in [-0.2, 0) is 16.1 Å². The number of carbonyl (C=O) groups is 1. The molecule has 0 saturated heterocycles. The topological polar surface area (TPSA) is 38.8 Å². The second kappa shape index (κ2) is 9.78. The third kappa shape index (κ3) is 5.16. The van der Waals surface area contributed by atoms with E-state index in [1.54, 1.807) is 7.11 Å². The summed E-state index contributed by atoms with van der Waals surface area (Å²) in [6.07, 6.45) is 5.88. The first-order valence-corrected chi connectivity index (χ1v) is 10.4. The van der Waals surface area contributed by atoms with Crippen molar-refractivity contribution in [1.82, 2.24) is 0 Å². The predicted octanol–water partition coefficient (Wildman–Crippen LogP) is 5.59. The molecule has 0 aromatic heterocycles. The molecule has 1 aliphatic heterocycles. The minimum absolute atomic E-state index is 0.242. The Hall–Kier alpha value is -2.27. The van der Waals surface area contributed by atoms with Crippen LogP contribution in [0.5, 0.6) is 5.75 Å². The Balaban J connectivity index is 1.98. The monoisotopic (exact) mass is 443 g/mol. The van der Waals surface area contributed by atoms with Crippen LogP contribution in [0.4, 0.5) is 5.69 Å². The van der Waals surface area contributed by atoms with Gasteiger partial charge in [0.05, 0.1) is 14.2 Å². The molecule has 3 rings (SSSR count). The number of halogens is 1. The molecule has 0 amide bonds. The van der Waals surface area contributed by atoms with E-state index < -0.39 is 0 Å². The minimum atomic E-state index is -0.242. The molecular formula is C23H26BrNO3. The van der Waals surface area contributed by atoms with Gasteiger partial charge >= 0.3 is 5.97 Å². The van der Waals surface area contributed by atoms with Gasteiger partial charge < -0.3 is 14.4 Å². The lowest BCUT2D eigenvalue weighted by Gasteiger charge is -2.28. The minimum Gasteiger partial charge on any atom is -0.497 e. The molecule has 0 aliphatic carbocycles. The third-order valence-corrected chi connectivity index (χ3v) is 5.51. The number of nitrogens with zero attached hydrogens (tertiary/aromatic N) is 1. The van der Waals surface area contributed by atoms with E-state index in [0.717, 1.165) is 65.8 Å². The van der Waals surface area contributed by atoms with Gasteiger partial charge in [0, 0.05) is 28.8 Å². The summed E-state index contributed by atoms with van der Waals surface area (Å²) in [5, 5.41) is 0. The number of benzene rings is 2. The summed E-state index contributed by atoms with van der Waals surface area (Å²) in [6, 6.07) is 14.4. The number of carbonyl (C=O) groups excluding carboxylic acids is 1. The molecule has 0 N–H and O–H groups in total. The van der Waals surface area contributed by atoms with Crippen LogP contribution in [0, 0.1) is 0 Å². The molecule has 2 aromatic rings. The molecule has 28 heavy (non-hydrogen) atoms. The van der Waals surface area contributed by atoms with Gasteiger partial charge in [-0.3, -0.25) is 0 Å². The summed E-state index contributed by atoms with van der Waals surface area (Å²) in [7, 11) is 3.12. The molecule has 1 heterocycles. The zero-order chi connectivity index (χ0) is 19.9. The van der Waals surface area contributed by atoms with Gasteiger partial charge in [-0.1, -0.05) is 34.5 Å². The van der Waals surface area contributed by atoms with Crippen molar-refractivity contribution in [3.63, 3.8) is 0 Å². The molecule has 0 bridgehead atoms. The van der Waals surface area contributed by atoms with Gasteiger partial charge in [-0.25, -0.2) is 4.79 Å². The molecule has 0 fully saturated rings. The fourth-order valence-corrected chi connectivity index (χ4v) is 3.89. The number of methoxy groups -OCH3 is 2. The average Bonchev–Trinajstić information content (AvgIpc) is 2.72. The number of ether oxygens (including phenoxy) is 2. The normalized spacial score (nSPS) is 16.5. The van der Waals surface area contributed by atoms with Crippen LogP contribution >= 0.6 is 15.9 Å². The van der Waals surface area contributed by atoms with Crippen molar-refractivity contribution in [2.75, 3.05) is 25.7 Å². The highest BCUT2D eigenvalue weighted by atomic mass is 79.9. The van der Waals surface area contributed by atoms with E-state index in [4.69, 9.17) is 9.47 Å². The van der Waals surface area contributed by atoms with Crippen molar-refractivity contribution in [3.8, 4) is 5.75 Å². The summed E-state index contributed by atoms with van der Waals surface area (Å²) in [4.78, 5) is 14.6. The van der Waals surface area contributed by atoms with Gasteiger partial charge in [0.1, 0.15) is 5.75 Å². The number of hydrogen-bond donors (Lipinski definition) is 0.